The number of methoxy groups -OCH3 is 1. The van der Waals surface area contributed by atoms with E-state index >= 15 is 0 Å². The molecule has 4 nitrogen and oxygen atoms in total. The molecule has 2 unspecified atom stereocenters. The summed E-state index contributed by atoms with van der Waals surface area (Å²) in [4.78, 5) is 11.0. The minimum atomic E-state index is -0.667. The highest BCUT2D eigenvalue weighted by Gasteiger charge is 2.26. The highest BCUT2D eigenvalue weighted by Crippen LogP contribution is 2.27. The van der Waals surface area contributed by atoms with Crippen LogP contribution in [0.2, 0.25) is 0 Å². The Morgan fingerprint density at radius 3 is 3.05 bits per heavy atom. The first-order chi connectivity index (χ1) is 9.19. The predicted molar refractivity (Wildman–Crippen MR) is 74.2 cm³/mol. The van der Waals surface area contributed by atoms with Crippen LogP contribution in [0.5, 0.6) is 0 Å². The summed E-state index contributed by atoms with van der Waals surface area (Å²) >= 11 is 0. The van der Waals surface area contributed by atoms with Gasteiger partial charge in [0.05, 0.1) is 12.5 Å². The lowest BCUT2D eigenvalue weighted by Gasteiger charge is -2.28. The number of benzene rings is 1. The maximum absolute atomic E-state index is 11.0. The van der Waals surface area contributed by atoms with Crippen molar-refractivity contribution in [2.24, 2.45) is 5.92 Å². The topological polar surface area (TPSA) is 58.6 Å². The second kappa shape index (κ2) is 6.57. The first-order valence-electron chi connectivity index (χ1n) is 6.76. The van der Waals surface area contributed by atoms with Crippen LogP contribution in [0.4, 0.5) is 5.69 Å². The Balaban J connectivity index is 1.96. The van der Waals surface area contributed by atoms with Crippen LogP contribution in [0, 0.1) is 5.92 Å². The van der Waals surface area contributed by atoms with Crippen LogP contribution in [0.3, 0.4) is 0 Å². The van der Waals surface area contributed by atoms with Crippen molar-refractivity contribution in [3.8, 4) is 0 Å². The number of nitrogens with one attached hydrogen (secondary N) is 1. The average Bonchev–Trinajstić information content (AvgIpc) is 2.40. The van der Waals surface area contributed by atoms with Gasteiger partial charge in [-0.1, -0.05) is 18.6 Å². The highest BCUT2D eigenvalue weighted by atomic mass is 16.5. The van der Waals surface area contributed by atoms with Crippen LogP contribution in [0.25, 0.3) is 0 Å². The zero-order valence-corrected chi connectivity index (χ0v) is 11.3. The van der Waals surface area contributed by atoms with E-state index in [-0.39, 0.29) is 12.0 Å². The number of carboxylic acid groups (broad SMARTS) is 1. The quantitative estimate of drug-likeness (QED) is 0.857. The molecule has 0 aliphatic heterocycles. The van der Waals surface area contributed by atoms with E-state index in [1.807, 2.05) is 18.2 Å². The molecule has 0 amide bonds. The van der Waals surface area contributed by atoms with Crippen molar-refractivity contribution in [1.29, 1.82) is 0 Å². The fourth-order valence-electron chi connectivity index (χ4n) is 2.70. The van der Waals surface area contributed by atoms with Gasteiger partial charge >= 0.3 is 5.97 Å². The first kappa shape index (κ1) is 13.9. The van der Waals surface area contributed by atoms with E-state index in [1.54, 1.807) is 7.11 Å². The molecule has 2 atom stereocenters. The lowest BCUT2D eigenvalue weighted by Crippen LogP contribution is -2.30. The number of hydrogen-bond acceptors (Lipinski definition) is 3. The number of ether oxygens (including phenoxy) is 1. The predicted octanol–water partition coefficient (Wildman–Crippen LogP) is 2.89. The van der Waals surface area contributed by atoms with Gasteiger partial charge in [-0.25, -0.2) is 0 Å². The second-order valence-electron chi connectivity index (χ2n) is 5.18. The molecule has 19 heavy (non-hydrogen) atoms. The van der Waals surface area contributed by atoms with E-state index in [0.29, 0.717) is 13.0 Å². The average molecular weight is 263 g/mol. The van der Waals surface area contributed by atoms with Crippen molar-refractivity contribution in [3.63, 3.8) is 0 Å². The number of carboxylic acids is 1. The summed E-state index contributed by atoms with van der Waals surface area (Å²) in [6.07, 6.45) is 3.53. The smallest absolute Gasteiger partial charge is 0.306 e. The molecule has 0 spiro atoms. The molecule has 0 bridgehead atoms. The van der Waals surface area contributed by atoms with Crippen molar-refractivity contribution >= 4 is 11.7 Å². The minimum Gasteiger partial charge on any atom is -0.481 e. The third-order valence-electron chi connectivity index (χ3n) is 3.63. The SMILES string of the molecule is COCc1cccc(NC2CCCC(C(=O)O)C2)c1. The monoisotopic (exact) mass is 263 g/mol. The van der Waals surface area contributed by atoms with Gasteiger partial charge in [0.2, 0.25) is 0 Å². The van der Waals surface area contributed by atoms with Gasteiger partial charge in [-0.2, -0.15) is 0 Å². The molecule has 4 heteroatoms. The van der Waals surface area contributed by atoms with Crippen LogP contribution in [0.1, 0.15) is 31.2 Å². The van der Waals surface area contributed by atoms with Crippen LogP contribution in [0.15, 0.2) is 24.3 Å². The fourth-order valence-corrected chi connectivity index (χ4v) is 2.70. The summed E-state index contributed by atoms with van der Waals surface area (Å²) in [5.41, 5.74) is 2.17. The number of aliphatic carboxylic acids is 1. The zero-order valence-electron chi connectivity index (χ0n) is 11.3. The van der Waals surface area contributed by atoms with Gasteiger partial charge in [0.1, 0.15) is 0 Å². The zero-order chi connectivity index (χ0) is 13.7. The summed E-state index contributed by atoms with van der Waals surface area (Å²) in [7, 11) is 1.68. The van der Waals surface area contributed by atoms with E-state index in [4.69, 9.17) is 9.84 Å². The lowest BCUT2D eigenvalue weighted by atomic mass is 9.85. The van der Waals surface area contributed by atoms with E-state index in [9.17, 15) is 4.79 Å². The van der Waals surface area contributed by atoms with Crippen LogP contribution >= 0.6 is 0 Å². The van der Waals surface area contributed by atoms with Gasteiger partial charge in [0.15, 0.2) is 0 Å². The Hall–Kier alpha value is -1.55. The van der Waals surface area contributed by atoms with Crippen molar-refractivity contribution in [2.75, 3.05) is 12.4 Å². The van der Waals surface area contributed by atoms with Crippen LogP contribution < -0.4 is 5.32 Å². The molecule has 1 aliphatic carbocycles. The minimum absolute atomic E-state index is 0.201. The van der Waals surface area contributed by atoms with E-state index in [0.717, 1.165) is 30.5 Å². The third kappa shape index (κ3) is 3.96. The van der Waals surface area contributed by atoms with E-state index in [2.05, 4.69) is 11.4 Å². The highest BCUT2D eigenvalue weighted by molar-refractivity contribution is 5.70. The van der Waals surface area contributed by atoms with Gasteiger partial charge in [-0.15, -0.1) is 0 Å². The molecule has 1 fully saturated rings. The largest absolute Gasteiger partial charge is 0.481 e. The Kier molecular flexibility index (Phi) is 4.80. The Morgan fingerprint density at radius 1 is 1.47 bits per heavy atom. The third-order valence-corrected chi connectivity index (χ3v) is 3.63. The van der Waals surface area contributed by atoms with Gasteiger partial charge in [0, 0.05) is 18.8 Å². The molecule has 104 valence electrons. The lowest BCUT2D eigenvalue weighted by molar-refractivity contribution is -0.142. The second-order valence-corrected chi connectivity index (χ2v) is 5.18. The maximum Gasteiger partial charge on any atom is 0.306 e. The van der Waals surface area contributed by atoms with Crippen LogP contribution in [-0.4, -0.2) is 24.2 Å². The van der Waals surface area contributed by atoms with Crippen LogP contribution in [-0.2, 0) is 16.1 Å². The van der Waals surface area contributed by atoms with Crippen molar-refractivity contribution < 1.29 is 14.6 Å². The summed E-state index contributed by atoms with van der Waals surface area (Å²) in [5.74, 6) is -0.868. The molecule has 0 saturated heterocycles. The molecule has 1 aliphatic rings. The normalized spacial score (nSPS) is 23.0. The first-order valence-corrected chi connectivity index (χ1v) is 6.76. The summed E-state index contributed by atoms with van der Waals surface area (Å²) in [6.45, 7) is 0.595. The van der Waals surface area contributed by atoms with E-state index < -0.39 is 5.97 Å². The summed E-state index contributed by atoms with van der Waals surface area (Å²) in [6, 6.07) is 8.36. The molecule has 1 aromatic rings. The standard InChI is InChI=1S/C15H21NO3/c1-19-10-11-4-2-6-13(8-11)16-14-7-3-5-12(9-14)15(17)18/h2,4,6,8,12,14,16H,3,5,7,9-10H2,1H3,(H,17,18). The molecule has 2 N–H and O–H groups in total. The van der Waals surface area contributed by atoms with Crippen molar-refractivity contribution in [2.45, 2.75) is 38.3 Å². The molecule has 0 heterocycles. The number of anilines is 1. The van der Waals surface area contributed by atoms with E-state index in [1.165, 1.54) is 0 Å². The molecule has 1 aromatic carbocycles. The molecule has 0 radical (unpaired) electrons. The fraction of sp³-hybridized carbons (Fsp3) is 0.533. The summed E-state index contributed by atoms with van der Waals surface area (Å²) < 4.78 is 5.12. The molecule has 0 aromatic heterocycles. The van der Waals surface area contributed by atoms with Crippen molar-refractivity contribution in [3.05, 3.63) is 29.8 Å². The summed E-state index contributed by atoms with van der Waals surface area (Å²) in [5, 5.41) is 12.5. The van der Waals surface area contributed by atoms with Gasteiger partial charge < -0.3 is 15.2 Å². The molecular formula is C15H21NO3. The molecular weight excluding hydrogens is 242 g/mol. The Labute approximate surface area is 113 Å². The molecule has 2 rings (SSSR count). The number of rotatable bonds is 5. The van der Waals surface area contributed by atoms with Gasteiger partial charge in [-0.3, -0.25) is 4.79 Å². The maximum atomic E-state index is 11.0. The Morgan fingerprint density at radius 2 is 2.32 bits per heavy atom. The van der Waals surface area contributed by atoms with Gasteiger partial charge in [-0.05, 0) is 37.0 Å². The van der Waals surface area contributed by atoms with Gasteiger partial charge in [0.25, 0.3) is 0 Å². The number of hydrogen-bond donors (Lipinski definition) is 2. The Bertz CT molecular complexity index is 433. The van der Waals surface area contributed by atoms with Crippen molar-refractivity contribution in [1.82, 2.24) is 0 Å². The number of carbonyl (C=O) groups is 1. The molecule has 1 saturated carbocycles.